The largest absolute Gasteiger partial charge is 0.465 e. The number of carbonyl (C=O) groups excluding carboxylic acids is 1. The predicted molar refractivity (Wildman–Crippen MR) is 66.3 cm³/mol. The molecule has 0 bridgehead atoms. The molecule has 0 fully saturated rings. The fraction of sp³-hybridized carbons (Fsp3) is 0.500. The fourth-order valence-corrected chi connectivity index (χ4v) is 1.26. The number of carbonyl (C=O) groups is 1. The first kappa shape index (κ1) is 13.5. The van der Waals surface area contributed by atoms with Gasteiger partial charge in [0.1, 0.15) is 11.6 Å². The lowest BCUT2D eigenvalue weighted by Crippen LogP contribution is -2.18. The molecule has 6 nitrogen and oxygen atoms in total. The molecule has 17 heavy (non-hydrogen) atoms. The molecule has 0 unspecified atom stereocenters. The molecule has 1 heterocycles. The van der Waals surface area contributed by atoms with Crippen LogP contribution in [0.3, 0.4) is 0 Å². The van der Waals surface area contributed by atoms with Crippen LogP contribution < -0.4 is 10.6 Å². The summed E-state index contributed by atoms with van der Waals surface area (Å²) in [6, 6.07) is 0. The Bertz CT molecular complexity index is 387. The summed E-state index contributed by atoms with van der Waals surface area (Å²) < 4.78 is 4.78. The number of esters is 1. The Labute approximate surface area is 105 Å². The highest BCUT2D eigenvalue weighted by Crippen LogP contribution is 2.18. The second-order valence-electron chi connectivity index (χ2n) is 3.08. The van der Waals surface area contributed by atoms with Gasteiger partial charge < -0.3 is 15.4 Å². The van der Waals surface area contributed by atoms with Gasteiger partial charge in [-0.3, -0.25) is 4.79 Å². The van der Waals surface area contributed by atoms with Gasteiger partial charge in [-0.05, 0) is 13.8 Å². The van der Waals surface area contributed by atoms with Crippen LogP contribution in [0.2, 0.25) is 5.02 Å². The second-order valence-corrected chi connectivity index (χ2v) is 3.49. The van der Waals surface area contributed by atoms with E-state index in [2.05, 4.69) is 20.6 Å². The minimum atomic E-state index is -0.354. The lowest BCUT2D eigenvalue weighted by Gasteiger charge is -2.08. The number of ether oxygens (including phenoxy) is 1. The molecule has 0 aliphatic carbocycles. The van der Waals surface area contributed by atoms with E-state index in [9.17, 15) is 4.79 Å². The monoisotopic (exact) mass is 258 g/mol. The topological polar surface area (TPSA) is 76.1 Å². The van der Waals surface area contributed by atoms with Crippen molar-refractivity contribution in [2.75, 3.05) is 30.3 Å². The van der Waals surface area contributed by atoms with Gasteiger partial charge in [-0.25, -0.2) is 4.98 Å². The molecular weight excluding hydrogens is 244 g/mol. The Morgan fingerprint density at radius 1 is 1.47 bits per heavy atom. The van der Waals surface area contributed by atoms with E-state index < -0.39 is 0 Å². The zero-order valence-corrected chi connectivity index (χ0v) is 10.5. The maximum Gasteiger partial charge on any atom is 0.325 e. The molecule has 1 aromatic heterocycles. The van der Waals surface area contributed by atoms with Gasteiger partial charge in [0.2, 0.25) is 5.95 Å². The number of hydrogen-bond donors (Lipinski definition) is 2. The Morgan fingerprint density at radius 3 is 2.88 bits per heavy atom. The Morgan fingerprint density at radius 2 is 2.24 bits per heavy atom. The van der Waals surface area contributed by atoms with Gasteiger partial charge in [-0.1, -0.05) is 11.6 Å². The molecule has 0 amide bonds. The highest BCUT2D eigenvalue weighted by Gasteiger charge is 2.07. The Hall–Kier alpha value is -1.56. The molecule has 2 N–H and O–H groups in total. The highest BCUT2D eigenvalue weighted by molar-refractivity contribution is 6.32. The second kappa shape index (κ2) is 6.90. The first-order valence-electron chi connectivity index (χ1n) is 5.33. The van der Waals surface area contributed by atoms with E-state index >= 15 is 0 Å². The van der Waals surface area contributed by atoms with Crippen molar-refractivity contribution in [3.63, 3.8) is 0 Å². The van der Waals surface area contributed by atoms with Crippen LogP contribution in [0.25, 0.3) is 0 Å². The molecule has 0 spiro atoms. The zero-order chi connectivity index (χ0) is 12.7. The normalized spacial score (nSPS) is 9.82. The zero-order valence-electron chi connectivity index (χ0n) is 9.79. The summed E-state index contributed by atoms with van der Waals surface area (Å²) in [4.78, 5) is 19.3. The van der Waals surface area contributed by atoms with Crippen molar-refractivity contribution >= 4 is 29.3 Å². The summed E-state index contributed by atoms with van der Waals surface area (Å²) in [7, 11) is 0. The van der Waals surface area contributed by atoms with Crippen molar-refractivity contribution in [3.05, 3.63) is 11.2 Å². The average molecular weight is 259 g/mol. The number of nitrogens with zero attached hydrogens (tertiary/aromatic N) is 2. The summed E-state index contributed by atoms with van der Waals surface area (Å²) in [5.74, 6) is 0.515. The molecule has 1 rings (SSSR count). The van der Waals surface area contributed by atoms with Crippen LogP contribution in [0, 0.1) is 0 Å². The number of hydrogen-bond acceptors (Lipinski definition) is 6. The molecule has 0 atom stereocenters. The van der Waals surface area contributed by atoms with E-state index in [0.717, 1.165) is 0 Å². The molecule has 94 valence electrons. The van der Waals surface area contributed by atoms with E-state index in [4.69, 9.17) is 16.3 Å². The Kier molecular flexibility index (Phi) is 5.48. The lowest BCUT2D eigenvalue weighted by molar-refractivity contribution is -0.140. The SMILES string of the molecule is CCNc1ncc(Cl)c(NCC(=O)OCC)n1. The maximum atomic E-state index is 11.2. The summed E-state index contributed by atoms with van der Waals surface area (Å²) in [5.41, 5.74) is 0. The van der Waals surface area contributed by atoms with Crippen LogP contribution in [-0.4, -0.2) is 35.6 Å². The molecule has 0 saturated carbocycles. The van der Waals surface area contributed by atoms with Crippen LogP contribution in [-0.2, 0) is 9.53 Å². The van der Waals surface area contributed by atoms with Gasteiger partial charge in [0.15, 0.2) is 5.82 Å². The van der Waals surface area contributed by atoms with Gasteiger partial charge >= 0.3 is 5.97 Å². The molecule has 7 heteroatoms. The minimum absolute atomic E-state index is 0.0239. The van der Waals surface area contributed by atoms with Crippen LogP contribution in [0.4, 0.5) is 11.8 Å². The van der Waals surface area contributed by atoms with Crippen LogP contribution >= 0.6 is 11.6 Å². The summed E-state index contributed by atoms with van der Waals surface area (Å²) in [5, 5.41) is 6.11. The van der Waals surface area contributed by atoms with Crippen LogP contribution in [0.5, 0.6) is 0 Å². The van der Waals surface area contributed by atoms with Gasteiger partial charge in [0.05, 0.1) is 12.8 Å². The fourth-order valence-electron chi connectivity index (χ4n) is 1.10. The maximum absolute atomic E-state index is 11.2. The smallest absolute Gasteiger partial charge is 0.325 e. The molecule has 0 radical (unpaired) electrons. The third-order valence-electron chi connectivity index (χ3n) is 1.78. The molecule has 0 aliphatic rings. The van der Waals surface area contributed by atoms with E-state index in [0.29, 0.717) is 29.9 Å². The number of aromatic nitrogens is 2. The number of anilines is 2. The molecule has 0 saturated heterocycles. The molecule has 0 aliphatic heterocycles. The van der Waals surface area contributed by atoms with Crippen molar-refractivity contribution in [3.8, 4) is 0 Å². The first-order chi connectivity index (χ1) is 8.17. The van der Waals surface area contributed by atoms with E-state index in [1.165, 1.54) is 6.20 Å². The van der Waals surface area contributed by atoms with Gasteiger partial charge in [-0.2, -0.15) is 4.98 Å². The summed E-state index contributed by atoms with van der Waals surface area (Å²) in [6.07, 6.45) is 1.47. The van der Waals surface area contributed by atoms with Gasteiger partial charge in [-0.15, -0.1) is 0 Å². The number of rotatable bonds is 6. The first-order valence-corrected chi connectivity index (χ1v) is 5.71. The Balaban J connectivity index is 2.62. The molecule has 0 aromatic carbocycles. The number of nitrogens with one attached hydrogen (secondary N) is 2. The summed E-state index contributed by atoms with van der Waals surface area (Å²) in [6.45, 7) is 4.76. The predicted octanol–water partition coefficient (Wildman–Crippen LogP) is 1.54. The highest BCUT2D eigenvalue weighted by atomic mass is 35.5. The quantitative estimate of drug-likeness (QED) is 0.754. The number of halogens is 1. The minimum Gasteiger partial charge on any atom is -0.465 e. The van der Waals surface area contributed by atoms with Gasteiger partial charge in [0.25, 0.3) is 0 Å². The van der Waals surface area contributed by atoms with E-state index in [1.807, 2.05) is 6.92 Å². The van der Waals surface area contributed by atoms with Crippen molar-refractivity contribution < 1.29 is 9.53 Å². The van der Waals surface area contributed by atoms with Crippen molar-refractivity contribution in [2.24, 2.45) is 0 Å². The van der Waals surface area contributed by atoms with E-state index in [1.54, 1.807) is 6.92 Å². The van der Waals surface area contributed by atoms with E-state index in [-0.39, 0.29) is 12.5 Å². The third-order valence-corrected chi connectivity index (χ3v) is 2.06. The average Bonchev–Trinajstić information content (AvgIpc) is 2.30. The van der Waals surface area contributed by atoms with Crippen LogP contribution in [0.15, 0.2) is 6.20 Å². The third kappa shape index (κ3) is 4.44. The van der Waals surface area contributed by atoms with Crippen molar-refractivity contribution in [1.29, 1.82) is 0 Å². The lowest BCUT2D eigenvalue weighted by atomic mass is 10.5. The summed E-state index contributed by atoms with van der Waals surface area (Å²) >= 11 is 5.89. The van der Waals surface area contributed by atoms with Crippen LogP contribution in [0.1, 0.15) is 13.8 Å². The van der Waals surface area contributed by atoms with Crippen molar-refractivity contribution in [1.82, 2.24) is 9.97 Å². The standard InChI is InChI=1S/C10H15ClN4O2/c1-3-12-10-14-5-7(11)9(15-10)13-6-8(16)17-4-2/h5H,3-4,6H2,1-2H3,(H2,12,13,14,15). The van der Waals surface area contributed by atoms with Crippen molar-refractivity contribution in [2.45, 2.75) is 13.8 Å². The molecular formula is C10H15ClN4O2. The van der Waals surface area contributed by atoms with Gasteiger partial charge in [0, 0.05) is 6.54 Å². The molecule has 1 aromatic rings.